The molecule has 0 saturated heterocycles. The van der Waals surface area contributed by atoms with Crippen molar-refractivity contribution in [2.24, 2.45) is 5.92 Å². The Bertz CT molecular complexity index is 352. The molecular weight excluding hydrogens is 198 g/mol. The average molecular weight is 217 g/mol. The molecular formula is C14H19NO. The Balaban J connectivity index is 1.73. The van der Waals surface area contributed by atoms with Gasteiger partial charge in [-0.2, -0.15) is 0 Å². The molecule has 86 valence electrons. The molecule has 1 amide bonds. The summed E-state index contributed by atoms with van der Waals surface area (Å²) in [6.45, 7) is 2.92. The van der Waals surface area contributed by atoms with Crippen LogP contribution < -0.4 is 5.32 Å². The summed E-state index contributed by atoms with van der Waals surface area (Å²) in [5.41, 5.74) is 2.67. The third-order valence-corrected chi connectivity index (χ3v) is 3.09. The Hall–Kier alpha value is -1.31. The van der Waals surface area contributed by atoms with Crippen molar-refractivity contribution in [1.29, 1.82) is 0 Å². The zero-order valence-electron chi connectivity index (χ0n) is 9.83. The Morgan fingerprint density at radius 1 is 1.25 bits per heavy atom. The summed E-state index contributed by atoms with van der Waals surface area (Å²) in [7, 11) is 0. The molecule has 1 N–H and O–H groups in total. The maximum Gasteiger partial charge on any atom is 0.223 e. The number of amides is 1. The van der Waals surface area contributed by atoms with E-state index in [0.29, 0.717) is 5.92 Å². The van der Waals surface area contributed by atoms with Crippen molar-refractivity contribution in [1.82, 2.24) is 5.32 Å². The fraction of sp³-hybridized carbons (Fsp3) is 0.500. The molecule has 0 radical (unpaired) electrons. The van der Waals surface area contributed by atoms with Crippen LogP contribution in [0, 0.1) is 5.92 Å². The second-order valence-corrected chi connectivity index (χ2v) is 4.49. The highest BCUT2D eigenvalue weighted by Gasteiger charge is 2.28. The number of hydrogen-bond donors (Lipinski definition) is 1. The molecule has 0 atom stereocenters. The van der Waals surface area contributed by atoms with Crippen molar-refractivity contribution in [2.45, 2.75) is 32.6 Å². The van der Waals surface area contributed by atoms with Gasteiger partial charge in [0.2, 0.25) is 5.91 Å². The third kappa shape index (κ3) is 3.09. The lowest BCUT2D eigenvalue weighted by molar-refractivity contribution is -0.122. The summed E-state index contributed by atoms with van der Waals surface area (Å²) in [6.07, 6.45) is 4.18. The van der Waals surface area contributed by atoms with Crippen LogP contribution in [0.15, 0.2) is 24.3 Å². The molecule has 1 aliphatic rings. The summed E-state index contributed by atoms with van der Waals surface area (Å²) >= 11 is 0. The van der Waals surface area contributed by atoms with Crippen LogP contribution in [0.3, 0.4) is 0 Å². The molecule has 0 aliphatic heterocycles. The highest BCUT2D eigenvalue weighted by Crippen LogP contribution is 2.28. The number of carbonyl (C=O) groups excluding carboxylic acids is 1. The van der Waals surface area contributed by atoms with E-state index in [4.69, 9.17) is 0 Å². The van der Waals surface area contributed by atoms with Crippen LogP contribution in [0.2, 0.25) is 0 Å². The molecule has 1 saturated carbocycles. The van der Waals surface area contributed by atoms with Gasteiger partial charge >= 0.3 is 0 Å². The van der Waals surface area contributed by atoms with Gasteiger partial charge in [0.15, 0.2) is 0 Å². The minimum Gasteiger partial charge on any atom is -0.356 e. The molecule has 0 heterocycles. The maximum atomic E-state index is 11.4. The Morgan fingerprint density at radius 3 is 2.44 bits per heavy atom. The molecule has 1 fully saturated rings. The van der Waals surface area contributed by atoms with Crippen LogP contribution in [0.4, 0.5) is 0 Å². The molecule has 0 bridgehead atoms. The van der Waals surface area contributed by atoms with Crippen LogP contribution in [0.1, 0.15) is 30.9 Å². The first-order chi connectivity index (χ1) is 7.79. The summed E-state index contributed by atoms with van der Waals surface area (Å²) < 4.78 is 0. The Kier molecular flexibility index (Phi) is 3.60. The van der Waals surface area contributed by atoms with E-state index in [1.165, 1.54) is 11.1 Å². The molecule has 0 unspecified atom stereocenters. The van der Waals surface area contributed by atoms with E-state index in [0.717, 1.165) is 32.2 Å². The van der Waals surface area contributed by atoms with Crippen molar-refractivity contribution < 1.29 is 4.79 Å². The van der Waals surface area contributed by atoms with Gasteiger partial charge in [0.1, 0.15) is 0 Å². The van der Waals surface area contributed by atoms with Crippen molar-refractivity contribution in [3.63, 3.8) is 0 Å². The average Bonchev–Trinajstić information content (AvgIpc) is 3.14. The summed E-state index contributed by atoms with van der Waals surface area (Å²) in [5, 5.41) is 2.98. The molecule has 0 spiro atoms. The van der Waals surface area contributed by atoms with Crippen molar-refractivity contribution in [3.8, 4) is 0 Å². The van der Waals surface area contributed by atoms with E-state index in [-0.39, 0.29) is 5.91 Å². The minimum absolute atomic E-state index is 0.241. The standard InChI is InChI=1S/C14H19NO/c1-2-11-3-5-12(6-4-11)9-10-15-14(16)13-7-8-13/h3-6,13H,2,7-10H2,1H3,(H,15,16). The molecule has 2 rings (SSSR count). The monoisotopic (exact) mass is 217 g/mol. The molecule has 2 nitrogen and oxygen atoms in total. The zero-order chi connectivity index (χ0) is 11.4. The molecule has 16 heavy (non-hydrogen) atoms. The Morgan fingerprint density at radius 2 is 1.88 bits per heavy atom. The van der Waals surface area contributed by atoms with Crippen LogP contribution in [0.25, 0.3) is 0 Å². The van der Waals surface area contributed by atoms with Crippen LogP contribution in [-0.4, -0.2) is 12.5 Å². The van der Waals surface area contributed by atoms with Gasteiger partial charge in [-0.25, -0.2) is 0 Å². The lowest BCUT2D eigenvalue weighted by atomic mass is 10.1. The summed E-state index contributed by atoms with van der Waals surface area (Å²) in [6, 6.07) is 8.64. The first-order valence-electron chi connectivity index (χ1n) is 6.15. The minimum atomic E-state index is 0.241. The van der Waals surface area contributed by atoms with Gasteiger partial charge in [0, 0.05) is 12.5 Å². The van der Waals surface area contributed by atoms with E-state index >= 15 is 0 Å². The lowest BCUT2D eigenvalue weighted by Gasteiger charge is -2.05. The van der Waals surface area contributed by atoms with E-state index in [9.17, 15) is 4.79 Å². The van der Waals surface area contributed by atoms with E-state index < -0.39 is 0 Å². The number of aryl methyl sites for hydroxylation is 1. The highest BCUT2D eigenvalue weighted by molar-refractivity contribution is 5.80. The predicted octanol–water partition coefficient (Wildman–Crippen LogP) is 2.32. The van der Waals surface area contributed by atoms with Crippen LogP contribution in [-0.2, 0) is 17.6 Å². The number of nitrogens with one attached hydrogen (secondary N) is 1. The number of rotatable bonds is 5. The van der Waals surface area contributed by atoms with Gasteiger partial charge in [0.25, 0.3) is 0 Å². The zero-order valence-corrected chi connectivity index (χ0v) is 9.83. The van der Waals surface area contributed by atoms with Gasteiger partial charge < -0.3 is 5.32 Å². The van der Waals surface area contributed by atoms with Crippen LogP contribution >= 0.6 is 0 Å². The van der Waals surface area contributed by atoms with E-state index in [1.807, 2.05) is 0 Å². The lowest BCUT2D eigenvalue weighted by Crippen LogP contribution is -2.26. The summed E-state index contributed by atoms with van der Waals surface area (Å²) in [4.78, 5) is 11.4. The Labute approximate surface area is 97.1 Å². The van der Waals surface area contributed by atoms with Gasteiger partial charge in [-0.05, 0) is 36.8 Å². The fourth-order valence-electron chi connectivity index (χ4n) is 1.76. The van der Waals surface area contributed by atoms with Gasteiger partial charge in [0.05, 0.1) is 0 Å². The fourth-order valence-corrected chi connectivity index (χ4v) is 1.76. The van der Waals surface area contributed by atoms with Gasteiger partial charge in [-0.1, -0.05) is 31.2 Å². The normalized spacial score (nSPS) is 14.8. The number of benzene rings is 1. The predicted molar refractivity (Wildman–Crippen MR) is 65.3 cm³/mol. The molecule has 1 aromatic rings. The molecule has 1 aliphatic carbocycles. The van der Waals surface area contributed by atoms with Gasteiger partial charge in [-0.15, -0.1) is 0 Å². The molecule has 2 heteroatoms. The molecule has 0 aromatic heterocycles. The second kappa shape index (κ2) is 5.15. The highest BCUT2D eigenvalue weighted by atomic mass is 16.2. The first kappa shape index (κ1) is 11.2. The topological polar surface area (TPSA) is 29.1 Å². The summed E-state index contributed by atoms with van der Waals surface area (Å²) in [5.74, 6) is 0.563. The van der Waals surface area contributed by atoms with E-state index in [2.05, 4.69) is 36.5 Å². The van der Waals surface area contributed by atoms with Crippen molar-refractivity contribution >= 4 is 5.91 Å². The maximum absolute atomic E-state index is 11.4. The van der Waals surface area contributed by atoms with Gasteiger partial charge in [-0.3, -0.25) is 4.79 Å². The smallest absolute Gasteiger partial charge is 0.223 e. The quantitative estimate of drug-likeness (QED) is 0.805. The SMILES string of the molecule is CCc1ccc(CCNC(=O)C2CC2)cc1. The largest absolute Gasteiger partial charge is 0.356 e. The van der Waals surface area contributed by atoms with Crippen LogP contribution in [0.5, 0.6) is 0 Å². The third-order valence-electron chi connectivity index (χ3n) is 3.09. The van der Waals surface area contributed by atoms with E-state index in [1.54, 1.807) is 0 Å². The second-order valence-electron chi connectivity index (χ2n) is 4.49. The van der Waals surface area contributed by atoms with Crippen molar-refractivity contribution in [2.75, 3.05) is 6.54 Å². The first-order valence-corrected chi connectivity index (χ1v) is 6.15. The molecule has 1 aromatic carbocycles. The number of hydrogen-bond acceptors (Lipinski definition) is 1. The number of carbonyl (C=O) groups is 1. The van der Waals surface area contributed by atoms with Crippen molar-refractivity contribution in [3.05, 3.63) is 35.4 Å².